The van der Waals surface area contributed by atoms with Gasteiger partial charge in [0.05, 0.1) is 6.04 Å². The van der Waals surface area contributed by atoms with Crippen LogP contribution in [0, 0.1) is 0 Å². The van der Waals surface area contributed by atoms with Crippen LogP contribution in [0.15, 0.2) is 12.3 Å². The van der Waals surface area contributed by atoms with Crippen LogP contribution in [0.1, 0.15) is 25.5 Å². The Bertz CT molecular complexity index is 401. The molecule has 1 saturated heterocycles. The molecule has 1 aliphatic heterocycles. The van der Waals surface area contributed by atoms with Crippen LogP contribution >= 0.6 is 0 Å². The van der Waals surface area contributed by atoms with E-state index in [9.17, 15) is 4.79 Å². The lowest BCUT2D eigenvalue weighted by molar-refractivity contribution is -0.129. The van der Waals surface area contributed by atoms with Crippen LogP contribution in [-0.2, 0) is 18.3 Å². The second-order valence-corrected chi connectivity index (χ2v) is 4.82. The maximum absolute atomic E-state index is 12.1. The molecule has 2 rings (SSSR count). The number of carbonyl (C=O) groups is 1. The molecule has 0 saturated carbocycles. The molecule has 5 heteroatoms. The van der Waals surface area contributed by atoms with Gasteiger partial charge < -0.3 is 10.2 Å². The van der Waals surface area contributed by atoms with E-state index >= 15 is 0 Å². The first-order chi connectivity index (χ1) is 8.72. The molecule has 1 aromatic heterocycles. The second kappa shape index (κ2) is 6.00. The van der Waals surface area contributed by atoms with Crippen molar-refractivity contribution < 1.29 is 4.79 Å². The van der Waals surface area contributed by atoms with E-state index in [0.717, 1.165) is 38.9 Å². The van der Waals surface area contributed by atoms with E-state index in [1.54, 1.807) is 6.20 Å². The highest BCUT2D eigenvalue weighted by atomic mass is 16.2. The van der Waals surface area contributed by atoms with Gasteiger partial charge in [-0.2, -0.15) is 5.10 Å². The number of aryl methyl sites for hydroxylation is 1. The average Bonchev–Trinajstić information content (AvgIpc) is 2.92. The summed E-state index contributed by atoms with van der Waals surface area (Å²) in [6.45, 7) is 4.71. The molecular weight excluding hydrogens is 228 g/mol. The predicted molar refractivity (Wildman–Crippen MR) is 70.2 cm³/mol. The predicted octanol–water partition coefficient (Wildman–Crippen LogP) is 0.563. The normalized spacial score (nSPS) is 19.8. The number of amides is 1. The van der Waals surface area contributed by atoms with Gasteiger partial charge in [-0.3, -0.25) is 9.48 Å². The monoisotopic (exact) mass is 250 g/mol. The zero-order valence-corrected chi connectivity index (χ0v) is 11.2. The van der Waals surface area contributed by atoms with Crippen molar-refractivity contribution in [3.05, 3.63) is 18.0 Å². The summed E-state index contributed by atoms with van der Waals surface area (Å²) in [5.74, 6) is 0.255. The van der Waals surface area contributed by atoms with E-state index in [1.807, 2.05) is 22.7 Å². The highest BCUT2D eigenvalue weighted by molar-refractivity contribution is 5.83. The Morgan fingerprint density at radius 3 is 3.06 bits per heavy atom. The number of nitrogens with one attached hydrogen (secondary N) is 1. The van der Waals surface area contributed by atoms with Crippen molar-refractivity contribution in [2.24, 2.45) is 7.05 Å². The molecule has 5 nitrogen and oxygen atoms in total. The summed E-state index contributed by atoms with van der Waals surface area (Å²) >= 11 is 0. The molecule has 1 atom stereocenters. The summed E-state index contributed by atoms with van der Waals surface area (Å²) in [6, 6.07) is 2.05. The van der Waals surface area contributed by atoms with Crippen LogP contribution in [0.4, 0.5) is 0 Å². The Kier molecular flexibility index (Phi) is 4.36. The van der Waals surface area contributed by atoms with Gasteiger partial charge in [-0.1, -0.05) is 6.92 Å². The lowest BCUT2D eigenvalue weighted by Gasteiger charge is -2.17. The molecule has 1 amide bonds. The highest BCUT2D eigenvalue weighted by Crippen LogP contribution is 2.12. The Morgan fingerprint density at radius 2 is 2.39 bits per heavy atom. The SMILES string of the molecule is CCCNC1CCN(CCc2ccnn2C)C1=O. The lowest BCUT2D eigenvalue weighted by atomic mass is 10.2. The van der Waals surface area contributed by atoms with Crippen molar-refractivity contribution in [3.63, 3.8) is 0 Å². The number of rotatable bonds is 6. The summed E-state index contributed by atoms with van der Waals surface area (Å²) in [5.41, 5.74) is 1.17. The van der Waals surface area contributed by atoms with Crippen molar-refractivity contribution in [3.8, 4) is 0 Å². The van der Waals surface area contributed by atoms with Crippen molar-refractivity contribution in [1.29, 1.82) is 0 Å². The van der Waals surface area contributed by atoms with Gasteiger partial charge in [-0.15, -0.1) is 0 Å². The maximum Gasteiger partial charge on any atom is 0.239 e. The zero-order valence-electron chi connectivity index (χ0n) is 11.2. The number of nitrogens with zero attached hydrogens (tertiary/aromatic N) is 3. The Balaban J connectivity index is 1.81. The van der Waals surface area contributed by atoms with E-state index < -0.39 is 0 Å². The van der Waals surface area contributed by atoms with Gasteiger partial charge in [0.15, 0.2) is 0 Å². The first-order valence-electron chi connectivity index (χ1n) is 6.71. The van der Waals surface area contributed by atoms with Crippen LogP contribution in [0.25, 0.3) is 0 Å². The summed E-state index contributed by atoms with van der Waals surface area (Å²) in [6.07, 6.45) is 4.68. The second-order valence-electron chi connectivity index (χ2n) is 4.82. The minimum Gasteiger partial charge on any atom is -0.341 e. The van der Waals surface area contributed by atoms with E-state index in [2.05, 4.69) is 17.3 Å². The first kappa shape index (κ1) is 13.1. The van der Waals surface area contributed by atoms with Crippen molar-refractivity contribution in [2.45, 2.75) is 32.2 Å². The van der Waals surface area contributed by atoms with Crippen LogP contribution in [0.2, 0.25) is 0 Å². The van der Waals surface area contributed by atoms with Crippen LogP contribution < -0.4 is 5.32 Å². The summed E-state index contributed by atoms with van der Waals surface area (Å²) in [5, 5.41) is 7.44. The van der Waals surface area contributed by atoms with Crippen LogP contribution in [0.3, 0.4) is 0 Å². The van der Waals surface area contributed by atoms with Crippen molar-refractivity contribution >= 4 is 5.91 Å². The third-order valence-corrected chi connectivity index (χ3v) is 3.50. The van der Waals surface area contributed by atoms with Crippen molar-refractivity contribution in [1.82, 2.24) is 20.0 Å². The van der Waals surface area contributed by atoms with Crippen LogP contribution in [0.5, 0.6) is 0 Å². The Morgan fingerprint density at radius 1 is 1.56 bits per heavy atom. The molecule has 0 aliphatic carbocycles. The molecule has 1 N–H and O–H groups in total. The van der Waals surface area contributed by atoms with Gasteiger partial charge in [-0.25, -0.2) is 0 Å². The zero-order chi connectivity index (χ0) is 13.0. The van der Waals surface area contributed by atoms with Gasteiger partial charge in [0, 0.05) is 38.4 Å². The molecule has 1 fully saturated rings. The third-order valence-electron chi connectivity index (χ3n) is 3.50. The molecule has 0 spiro atoms. The number of hydrogen-bond donors (Lipinski definition) is 1. The quantitative estimate of drug-likeness (QED) is 0.803. The average molecular weight is 250 g/mol. The van der Waals surface area contributed by atoms with E-state index in [-0.39, 0.29) is 11.9 Å². The van der Waals surface area contributed by atoms with E-state index in [1.165, 1.54) is 5.69 Å². The fourth-order valence-corrected chi connectivity index (χ4v) is 2.36. The number of hydrogen-bond acceptors (Lipinski definition) is 3. The molecule has 1 aromatic rings. The number of aromatic nitrogens is 2. The summed E-state index contributed by atoms with van der Waals surface area (Å²) in [4.78, 5) is 14.1. The van der Waals surface area contributed by atoms with Crippen molar-refractivity contribution in [2.75, 3.05) is 19.6 Å². The fourth-order valence-electron chi connectivity index (χ4n) is 2.36. The molecule has 0 radical (unpaired) electrons. The minimum absolute atomic E-state index is 0.0384. The maximum atomic E-state index is 12.1. The standard InChI is InChI=1S/C13H22N4O/c1-3-7-14-12-6-10-17(13(12)18)9-5-11-4-8-15-16(11)2/h4,8,12,14H,3,5-7,9-10H2,1-2H3. The van der Waals surface area contributed by atoms with Gasteiger partial charge in [0.1, 0.15) is 0 Å². The molecule has 0 bridgehead atoms. The minimum atomic E-state index is 0.0384. The Hall–Kier alpha value is -1.36. The summed E-state index contributed by atoms with van der Waals surface area (Å²) < 4.78 is 1.87. The largest absolute Gasteiger partial charge is 0.341 e. The molecule has 100 valence electrons. The van der Waals surface area contributed by atoms with E-state index in [4.69, 9.17) is 0 Å². The summed E-state index contributed by atoms with van der Waals surface area (Å²) in [7, 11) is 1.94. The van der Waals surface area contributed by atoms with Gasteiger partial charge >= 0.3 is 0 Å². The van der Waals surface area contributed by atoms with Gasteiger partial charge in [0.2, 0.25) is 5.91 Å². The Labute approximate surface area is 108 Å². The molecule has 18 heavy (non-hydrogen) atoms. The number of carbonyl (C=O) groups excluding carboxylic acids is 1. The first-order valence-corrected chi connectivity index (χ1v) is 6.71. The smallest absolute Gasteiger partial charge is 0.239 e. The highest BCUT2D eigenvalue weighted by Gasteiger charge is 2.30. The van der Waals surface area contributed by atoms with Gasteiger partial charge in [0.25, 0.3) is 0 Å². The molecular formula is C13H22N4O. The molecule has 1 aliphatic rings. The molecule has 1 unspecified atom stereocenters. The number of likely N-dealkylation sites (tertiary alicyclic amines) is 1. The topological polar surface area (TPSA) is 50.2 Å². The third kappa shape index (κ3) is 2.90. The van der Waals surface area contributed by atoms with E-state index in [0.29, 0.717) is 0 Å². The van der Waals surface area contributed by atoms with Gasteiger partial charge in [-0.05, 0) is 25.5 Å². The molecule has 2 heterocycles. The fraction of sp³-hybridized carbons (Fsp3) is 0.692. The van der Waals surface area contributed by atoms with Crippen LogP contribution in [-0.4, -0.2) is 46.3 Å². The lowest BCUT2D eigenvalue weighted by Crippen LogP contribution is -2.39. The molecule has 0 aromatic carbocycles.